The minimum absolute atomic E-state index is 0.775. The summed E-state index contributed by atoms with van der Waals surface area (Å²) in [5.41, 5.74) is 7.77. The molecular formula is C13H21NOS. The van der Waals surface area contributed by atoms with Crippen LogP contribution in [0.5, 0.6) is 5.75 Å². The van der Waals surface area contributed by atoms with Gasteiger partial charge in [-0.1, -0.05) is 20.3 Å². The topological polar surface area (TPSA) is 35.2 Å². The molecule has 0 saturated heterocycles. The van der Waals surface area contributed by atoms with Crippen LogP contribution >= 0.6 is 11.8 Å². The predicted octanol–water partition coefficient (Wildman–Crippen LogP) is 3.56. The highest BCUT2D eigenvalue weighted by Gasteiger charge is 2.05. The van der Waals surface area contributed by atoms with Crippen LogP contribution in [0.4, 0.5) is 5.69 Å². The summed E-state index contributed by atoms with van der Waals surface area (Å²) in [6, 6.07) is 5.82. The van der Waals surface area contributed by atoms with Crippen molar-refractivity contribution in [3.63, 3.8) is 0 Å². The molecule has 1 atom stereocenters. The molecule has 0 heterocycles. The minimum atomic E-state index is 0.775. The SMILES string of the molecule is CCC(C)CSCc1cc(N)ccc1OC. The third kappa shape index (κ3) is 3.97. The van der Waals surface area contributed by atoms with Crippen molar-refractivity contribution >= 4 is 17.4 Å². The van der Waals surface area contributed by atoms with Crippen LogP contribution in [0.3, 0.4) is 0 Å². The van der Waals surface area contributed by atoms with Crippen molar-refractivity contribution in [2.75, 3.05) is 18.6 Å². The van der Waals surface area contributed by atoms with Gasteiger partial charge in [-0.15, -0.1) is 0 Å². The van der Waals surface area contributed by atoms with Gasteiger partial charge in [0.25, 0.3) is 0 Å². The average Bonchev–Trinajstić information content (AvgIpc) is 2.29. The average molecular weight is 239 g/mol. The molecule has 1 aromatic carbocycles. The molecule has 0 radical (unpaired) electrons. The lowest BCUT2D eigenvalue weighted by atomic mass is 10.2. The summed E-state index contributed by atoms with van der Waals surface area (Å²) in [6.45, 7) is 4.51. The van der Waals surface area contributed by atoms with Gasteiger partial charge in [-0.05, 0) is 29.9 Å². The Hall–Kier alpha value is -0.830. The maximum atomic E-state index is 5.78. The minimum Gasteiger partial charge on any atom is -0.496 e. The van der Waals surface area contributed by atoms with E-state index in [1.165, 1.54) is 17.7 Å². The Morgan fingerprint density at radius 3 is 2.81 bits per heavy atom. The highest BCUT2D eigenvalue weighted by Crippen LogP contribution is 2.26. The van der Waals surface area contributed by atoms with Gasteiger partial charge in [0.1, 0.15) is 5.75 Å². The van der Waals surface area contributed by atoms with E-state index < -0.39 is 0 Å². The van der Waals surface area contributed by atoms with Crippen LogP contribution in [0, 0.1) is 5.92 Å². The third-order valence-electron chi connectivity index (χ3n) is 2.66. The van der Waals surface area contributed by atoms with Gasteiger partial charge in [-0.25, -0.2) is 0 Å². The Kier molecular flexibility index (Phi) is 5.53. The summed E-state index contributed by atoms with van der Waals surface area (Å²) in [5.74, 6) is 3.87. The highest BCUT2D eigenvalue weighted by atomic mass is 32.2. The summed E-state index contributed by atoms with van der Waals surface area (Å²) in [5, 5.41) is 0. The quantitative estimate of drug-likeness (QED) is 0.771. The second-order valence-corrected chi connectivity index (χ2v) is 5.13. The van der Waals surface area contributed by atoms with Crippen LogP contribution in [-0.2, 0) is 5.75 Å². The molecule has 0 amide bonds. The van der Waals surface area contributed by atoms with Crippen molar-refractivity contribution in [3.8, 4) is 5.75 Å². The first-order valence-electron chi connectivity index (χ1n) is 5.67. The van der Waals surface area contributed by atoms with Crippen LogP contribution < -0.4 is 10.5 Å². The Morgan fingerprint density at radius 2 is 2.19 bits per heavy atom. The lowest BCUT2D eigenvalue weighted by Gasteiger charge is -2.11. The van der Waals surface area contributed by atoms with Crippen molar-refractivity contribution in [2.24, 2.45) is 5.92 Å². The third-order valence-corrected chi connectivity index (χ3v) is 3.98. The molecule has 1 rings (SSSR count). The number of rotatable bonds is 6. The predicted molar refractivity (Wildman–Crippen MR) is 73.0 cm³/mol. The number of nitrogen functional groups attached to an aromatic ring is 1. The fourth-order valence-corrected chi connectivity index (χ4v) is 2.60. The highest BCUT2D eigenvalue weighted by molar-refractivity contribution is 7.98. The lowest BCUT2D eigenvalue weighted by molar-refractivity contribution is 0.411. The van der Waals surface area contributed by atoms with E-state index in [9.17, 15) is 0 Å². The van der Waals surface area contributed by atoms with Gasteiger partial charge in [0.05, 0.1) is 7.11 Å². The van der Waals surface area contributed by atoms with E-state index in [0.717, 1.165) is 23.1 Å². The van der Waals surface area contributed by atoms with E-state index >= 15 is 0 Å². The second kappa shape index (κ2) is 6.69. The smallest absolute Gasteiger partial charge is 0.123 e. The first kappa shape index (κ1) is 13.2. The summed E-state index contributed by atoms with van der Waals surface area (Å²) in [6.07, 6.45) is 1.24. The van der Waals surface area contributed by atoms with Crippen LogP contribution in [0.15, 0.2) is 18.2 Å². The molecule has 2 N–H and O–H groups in total. The lowest BCUT2D eigenvalue weighted by Crippen LogP contribution is -1.98. The molecule has 0 spiro atoms. The number of anilines is 1. The number of benzene rings is 1. The van der Waals surface area contributed by atoms with Crippen LogP contribution in [-0.4, -0.2) is 12.9 Å². The van der Waals surface area contributed by atoms with E-state index in [4.69, 9.17) is 10.5 Å². The zero-order valence-electron chi connectivity index (χ0n) is 10.3. The number of hydrogen-bond donors (Lipinski definition) is 1. The molecule has 0 aliphatic rings. The molecule has 3 heteroatoms. The molecule has 90 valence electrons. The Balaban J connectivity index is 2.55. The molecule has 0 aliphatic heterocycles. The van der Waals surface area contributed by atoms with Gasteiger partial charge in [0.2, 0.25) is 0 Å². The molecule has 0 bridgehead atoms. The fourth-order valence-electron chi connectivity index (χ4n) is 1.40. The number of methoxy groups -OCH3 is 1. The molecule has 0 aliphatic carbocycles. The van der Waals surface area contributed by atoms with Gasteiger partial charge in [0, 0.05) is 17.0 Å². The zero-order valence-corrected chi connectivity index (χ0v) is 11.1. The summed E-state index contributed by atoms with van der Waals surface area (Å²) in [7, 11) is 1.70. The van der Waals surface area contributed by atoms with E-state index in [1.807, 2.05) is 30.0 Å². The van der Waals surface area contributed by atoms with E-state index in [1.54, 1.807) is 7.11 Å². The fraction of sp³-hybridized carbons (Fsp3) is 0.538. The number of nitrogens with two attached hydrogens (primary N) is 1. The van der Waals surface area contributed by atoms with Crippen LogP contribution in [0.25, 0.3) is 0 Å². The Labute approximate surface area is 103 Å². The van der Waals surface area contributed by atoms with E-state index in [-0.39, 0.29) is 0 Å². The first-order valence-corrected chi connectivity index (χ1v) is 6.83. The summed E-state index contributed by atoms with van der Waals surface area (Å²) < 4.78 is 5.32. The van der Waals surface area contributed by atoms with Crippen molar-refractivity contribution in [1.29, 1.82) is 0 Å². The normalized spacial score (nSPS) is 12.4. The molecule has 1 unspecified atom stereocenters. The van der Waals surface area contributed by atoms with Crippen molar-refractivity contribution in [2.45, 2.75) is 26.0 Å². The van der Waals surface area contributed by atoms with E-state index in [0.29, 0.717) is 0 Å². The van der Waals surface area contributed by atoms with Crippen LogP contribution in [0.2, 0.25) is 0 Å². The summed E-state index contributed by atoms with van der Waals surface area (Å²) in [4.78, 5) is 0. The number of thioether (sulfide) groups is 1. The Bertz CT molecular complexity index is 328. The van der Waals surface area contributed by atoms with Gasteiger partial charge < -0.3 is 10.5 Å². The number of ether oxygens (including phenoxy) is 1. The van der Waals surface area contributed by atoms with E-state index in [2.05, 4.69) is 13.8 Å². The molecule has 1 aromatic rings. The van der Waals surface area contributed by atoms with Crippen molar-refractivity contribution < 1.29 is 4.74 Å². The Morgan fingerprint density at radius 1 is 1.44 bits per heavy atom. The maximum absolute atomic E-state index is 5.78. The van der Waals surface area contributed by atoms with Crippen molar-refractivity contribution in [1.82, 2.24) is 0 Å². The second-order valence-electron chi connectivity index (χ2n) is 4.10. The molecule has 16 heavy (non-hydrogen) atoms. The first-order chi connectivity index (χ1) is 7.67. The van der Waals surface area contributed by atoms with Gasteiger partial charge >= 0.3 is 0 Å². The van der Waals surface area contributed by atoms with Gasteiger partial charge in [-0.2, -0.15) is 11.8 Å². The maximum Gasteiger partial charge on any atom is 0.123 e. The largest absolute Gasteiger partial charge is 0.496 e. The zero-order chi connectivity index (χ0) is 12.0. The monoisotopic (exact) mass is 239 g/mol. The molecular weight excluding hydrogens is 218 g/mol. The summed E-state index contributed by atoms with van der Waals surface area (Å²) >= 11 is 1.94. The van der Waals surface area contributed by atoms with Crippen molar-refractivity contribution in [3.05, 3.63) is 23.8 Å². The van der Waals surface area contributed by atoms with Gasteiger partial charge in [0.15, 0.2) is 0 Å². The van der Waals surface area contributed by atoms with Gasteiger partial charge in [-0.3, -0.25) is 0 Å². The molecule has 2 nitrogen and oxygen atoms in total. The molecule has 0 fully saturated rings. The number of hydrogen-bond acceptors (Lipinski definition) is 3. The molecule has 0 saturated carbocycles. The van der Waals surface area contributed by atoms with Crippen LogP contribution in [0.1, 0.15) is 25.8 Å². The standard InChI is InChI=1S/C13H21NOS/c1-4-10(2)8-16-9-11-7-12(14)5-6-13(11)15-3/h5-7,10H,4,8-9,14H2,1-3H3. The molecule has 0 aromatic heterocycles.